The van der Waals surface area contributed by atoms with Gasteiger partial charge in [0.2, 0.25) is 10.0 Å². The molecule has 100 valence electrons. The highest BCUT2D eigenvalue weighted by Gasteiger charge is 2.28. The third-order valence-electron chi connectivity index (χ3n) is 2.79. The molecule has 1 fully saturated rings. The van der Waals surface area contributed by atoms with E-state index in [1.165, 1.54) is 16.4 Å². The quantitative estimate of drug-likeness (QED) is 0.783. The van der Waals surface area contributed by atoms with E-state index in [-0.39, 0.29) is 4.90 Å². The van der Waals surface area contributed by atoms with Crippen LogP contribution >= 0.6 is 0 Å². The molecule has 0 saturated carbocycles. The van der Waals surface area contributed by atoms with Crippen molar-refractivity contribution in [1.29, 1.82) is 0 Å². The lowest BCUT2D eigenvalue weighted by atomic mass is 10.4. The van der Waals surface area contributed by atoms with Gasteiger partial charge in [0.1, 0.15) is 0 Å². The van der Waals surface area contributed by atoms with Gasteiger partial charge in [-0.1, -0.05) is 6.07 Å². The zero-order valence-electron chi connectivity index (χ0n) is 9.41. The summed E-state index contributed by atoms with van der Waals surface area (Å²) in [7, 11) is -8.61. The Morgan fingerprint density at radius 1 is 1.00 bits per heavy atom. The van der Waals surface area contributed by atoms with Gasteiger partial charge in [0, 0.05) is 13.1 Å². The first kappa shape index (κ1) is 13.4. The molecule has 1 aromatic rings. The molecule has 1 heterocycles. The predicted octanol–water partition coefficient (Wildman–Crippen LogP) is 1.13. The van der Waals surface area contributed by atoms with Crippen molar-refractivity contribution in [3.05, 3.63) is 24.3 Å². The van der Waals surface area contributed by atoms with Crippen LogP contribution in [0, 0.1) is 0 Å². The standard InChI is InChI=1S/C10H12FNO4S2/c11-17(13,14)9-4-3-5-10(8-9)18(15,16)12-6-1-2-7-12/h3-5,8H,1-2,6-7H2. The van der Waals surface area contributed by atoms with E-state index in [2.05, 4.69) is 0 Å². The highest BCUT2D eigenvalue weighted by Crippen LogP contribution is 2.23. The summed E-state index contributed by atoms with van der Waals surface area (Å²) in [6.07, 6.45) is 1.56. The average Bonchev–Trinajstić information content (AvgIpc) is 2.82. The molecule has 0 aliphatic carbocycles. The molecule has 0 unspecified atom stereocenters. The molecule has 1 aliphatic heterocycles. The van der Waals surface area contributed by atoms with Crippen LogP contribution in [0.25, 0.3) is 0 Å². The summed E-state index contributed by atoms with van der Waals surface area (Å²) in [6, 6.07) is 4.36. The Bertz CT molecular complexity index is 648. The molecule has 1 aliphatic rings. The van der Waals surface area contributed by atoms with Crippen LogP contribution in [0.3, 0.4) is 0 Å². The van der Waals surface area contributed by atoms with Gasteiger partial charge in [-0.2, -0.15) is 12.7 Å². The molecule has 0 radical (unpaired) electrons. The zero-order chi connectivity index (χ0) is 13.4. The van der Waals surface area contributed by atoms with E-state index in [9.17, 15) is 20.7 Å². The predicted molar refractivity (Wildman–Crippen MR) is 62.7 cm³/mol. The Morgan fingerprint density at radius 3 is 2.11 bits per heavy atom. The molecule has 5 nitrogen and oxygen atoms in total. The fourth-order valence-electron chi connectivity index (χ4n) is 1.86. The van der Waals surface area contributed by atoms with Gasteiger partial charge in [-0.25, -0.2) is 8.42 Å². The Hall–Kier alpha value is -0.990. The summed E-state index contributed by atoms with van der Waals surface area (Å²) in [5.41, 5.74) is 0. The minimum Gasteiger partial charge on any atom is -0.207 e. The molecule has 2 rings (SSSR count). The SMILES string of the molecule is O=S(=O)(F)c1cccc(S(=O)(=O)N2CCCC2)c1. The first-order valence-corrected chi connectivity index (χ1v) is 8.19. The molecular weight excluding hydrogens is 281 g/mol. The second-order valence-electron chi connectivity index (χ2n) is 4.02. The van der Waals surface area contributed by atoms with Crippen molar-refractivity contribution in [3.8, 4) is 0 Å². The monoisotopic (exact) mass is 293 g/mol. The molecule has 0 spiro atoms. The van der Waals surface area contributed by atoms with E-state index >= 15 is 0 Å². The number of sulfonamides is 1. The highest BCUT2D eigenvalue weighted by molar-refractivity contribution is 7.89. The molecule has 0 N–H and O–H groups in total. The minimum absolute atomic E-state index is 0.192. The summed E-state index contributed by atoms with van der Waals surface area (Å²) in [5, 5.41) is 0. The second-order valence-corrected chi connectivity index (χ2v) is 7.31. The molecule has 8 heteroatoms. The first-order chi connectivity index (χ1) is 8.32. The van der Waals surface area contributed by atoms with Crippen molar-refractivity contribution in [1.82, 2.24) is 4.31 Å². The number of benzene rings is 1. The normalized spacial score (nSPS) is 18.1. The molecule has 1 saturated heterocycles. The van der Waals surface area contributed by atoms with Crippen molar-refractivity contribution in [2.75, 3.05) is 13.1 Å². The van der Waals surface area contributed by atoms with E-state index < -0.39 is 25.1 Å². The lowest BCUT2D eigenvalue weighted by molar-refractivity contribution is 0.477. The number of halogens is 1. The van der Waals surface area contributed by atoms with Gasteiger partial charge in [0.15, 0.2) is 0 Å². The van der Waals surface area contributed by atoms with Crippen LogP contribution in [0.5, 0.6) is 0 Å². The minimum atomic E-state index is -4.89. The van der Waals surface area contributed by atoms with Gasteiger partial charge < -0.3 is 0 Å². The van der Waals surface area contributed by atoms with Gasteiger partial charge in [0.05, 0.1) is 9.79 Å². The van der Waals surface area contributed by atoms with Crippen LogP contribution in [0.1, 0.15) is 12.8 Å². The molecule has 0 amide bonds. The molecule has 18 heavy (non-hydrogen) atoms. The van der Waals surface area contributed by atoms with Crippen molar-refractivity contribution >= 4 is 20.2 Å². The maximum atomic E-state index is 12.8. The lowest BCUT2D eigenvalue weighted by Crippen LogP contribution is -2.27. The largest absolute Gasteiger partial charge is 0.332 e. The fourth-order valence-corrected chi connectivity index (χ4v) is 4.01. The van der Waals surface area contributed by atoms with Crippen molar-refractivity contribution in [2.24, 2.45) is 0 Å². The number of rotatable bonds is 3. The lowest BCUT2D eigenvalue weighted by Gasteiger charge is -2.15. The van der Waals surface area contributed by atoms with Crippen molar-refractivity contribution in [2.45, 2.75) is 22.6 Å². The fraction of sp³-hybridized carbons (Fsp3) is 0.400. The summed E-state index contributed by atoms with van der Waals surface area (Å²) < 4.78 is 59.9. The Balaban J connectivity index is 2.45. The zero-order valence-corrected chi connectivity index (χ0v) is 11.0. The third kappa shape index (κ3) is 2.55. The highest BCUT2D eigenvalue weighted by atomic mass is 32.3. The first-order valence-electron chi connectivity index (χ1n) is 5.37. The Labute approximate surface area is 105 Å². The topological polar surface area (TPSA) is 71.5 Å². The molecular formula is C10H12FNO4S2. The Kier molecular flexibility index (Phi) is 3.43. The number of hydrogen-bond donors (Lipinski definition) is 0. The van der Waals surface area contributed by atoms with Gasteiger partial charge >= 0.3 is 10.2 Å². The number of hydrogen-bond acceptors (Lipinski definition) is 4. The van der Waals surface area contributed by atoms with Gasteiger partial charge in [-0.05, 0) is 31.0 Å². The van der Waals surface area contributed by atoms with Crippen LogP contribution in [0.15, 0.2) is 34.1 Å². The molecule has 0 aromatic heterocycles. The van der Waals surface area contributed by atoms with Crippen molar-refractivity contribution < 1.29 is 20.7 Å². The molecule has 1 aromatic carbocycles. The second kappa shape index (κ2) is 4.60. The molecule has 0 atom stereocenters. The van der Waals surface area contributed by atoms with Crippen LogP contribution in [0.2, 0.25) is 0 Å². The third-order valence-corrected chi connectivity index (χ3v) is 5.50. The van der Waals surface area contributed by atoms with E-state index in [1.54, 1.807) is 0 Å². The van der Waals surface area contributed by atoms with E-state index in [4.69, 9.17) is 0 Å². The van der Waals surface area contributed by atoms with Gasteiger partial charge in [-0.3, -0.25) is 0 Å². The maximum absolute atomic E-state index is 12.8. The summed E-state index contributed by atoms with van der Waals surface area (Å²) in [5.74, 6) is 0. The summed E-state index contributed by atoms with van der Waals surface area (Å²) in [4.78, 5) is -0.828. The summed E-state index contributed by atoms with van der Waals surface area (Å²) >= 11 is 0. The Morgan fingerprint density at radius 2 is 1.56 bits per heavy atom. The van der Waals surface area contributed by atoms with E-state index in [0.29, 0.717) is 13.1 Å². The van der Waals surface area contributed by atoms with E-state index in [1.807, 2.05) is 0 Å². The van der Waals surface area contributed by atoms with Gasteiger partial charge in [-0.15, -0.1) is 3.89 Å². The van der Waals surface area contributed by atoms with Gasteiger partial charge in [0.25, 0.3) is 0 Å². The molecule has 0 bridgehead atoms. The number of nitrogens with zero attached hydrogens (tertiary/aromatic N) is 1. The van der Waals surface area contributed by atoms with Crippen LogP contribution in [-0.4, -0.2) is 34.2 Å². The van der Waals surface area contributed by atoms with E-state index in [0.717, 1.165) is 25.0 Å². The van der Waals surface area contributed by atoms with Crippen LogP contribution in [-0.2, 0) is 20.2 Å². The van der Waals surface area contributed by atoms with Crippen LogP contribution < -0.4 is 0 Å². The van der Waals surface area contributed by atoms with Crippen molar-refractivity contribution in [3.63, 3.8) is 0 Å². The smallest absolute Gasteiger partial charge is 0.207 e. The maximum Gasteiger partial charge on any atom is 0.332 e. The van der Waals surface area contributed by atoms with Crippen LogP contribution in [0.4, 0.5) is 3.89 Å². The summed E-state index contributed by atoms with van der Waals surface area (Å²) in [6.45, 7) is 0.823. The average molecular weight is 293 g/mol.